The molecule has 0 fully saturated rings. The lowest BCUT2D eigenvalue weighted by molar-refractivity contribution is 0.355. The molecule has 27 heavy (non-hydrogen) atoms. The number of methoxy groups -OCH3 is 3. The van der Waals surface area contributed by atoms with Gasteiger partial charge in [0.25, 0.3) is 0 Å². The number of halogens is 1. The van der Waals surface area contributed by atoms with Gasteiger partial charge in [-0.15, -0.1) is 10.2 Å². The van der Waals surface area contributed by atoms with Gasteiger partial charge < -0.3 is 14.2 Å². The molecule has 0 amide bonds. The molecule has 2 aromatic carbocycles. The summed E-state index contributed by atoms with van der Waals surface area (Å²) in [5.41, 5.74) is 1.62. The summed E-state index contributed by atoms with van der Waals surface area (Å²) in [4.78, 5) is 0.664. The predicted molar refractivity (Wildman–Crippen MR) is 104 cm³/mol. The number of fused-ring (bicyclic) bond motifs is 1. The number of hydrogen-bond donors (Lipinski definition) is 0. The molecule has 0 unspecified atom stereocenters. The highest BCUT2D eigenvalue weighted by Crippen LogP contribution is 2.36. The Morgan fingerprint density at radius 3 is 2.37 bits per heavy atom. The SMILES string of the molecule is COc1ccc(-c2nn3c(-c4cc(Cl)ccc4OC)nnc3s2)cc1OC. The van der Waals surface area contributed by atoms with Gasteiger partial charge in [-0.25, -0.2) is 0 Å². The van der Waals surface area contributed by atoms with Gasteiger partial charge in [0, 0.05) is 10.6 Å². The summed E-state index contributed by atoms with van der Waals surface area (Å²) < 4.78 is 17.8. The van der Waals surface area contributed by atoms with Crippen molar-refractivity contribution < 1.29 is 14.2 Å². The van der Waals surface area contributed by atoms with E-state index in [1.54, 1.807) is 44.0 Å². The largest absolute Gasteiger partial charge is 0.496 e. The second-order valence-electron chi connectivity index (χ2n) is 5.54. The van der Waals surface area contributed by atoms with Crippen LogP contribution >= 0.6 is 22.9 Å². The summed E-state index contributed by atoms with van der Waals surface area (Å²) >= 11 is 7.57. The molecule has 0 saturated heterocycles. The van der Waals surface area contributed by atoms with Crippen molar-refractivity contribution in [2.45, 2.75) is 0 Å². The van der Waals surface area contributed by atoms with Gasteiger partial charge in [-0.05, 0) is 36.4 Å². The Morgan fingerprint density at radius 1 is 0.889 bits per heavy atom. The van der Waals surface area contributed by atoms with Gasteiger partial charge in [-0.1, -0.05) is 22.9 Å². The molecular weight excluding hydrogens is 388 g/mol. The average molecular weight is 403 g/mol. The van der Waals surface area contributed by atoms with E-state index in [-0.39, 0.29) is 0 Å². The Balaban J connectivity index is 1.83. The van der Waals surface area contributed by atoms with Crippen LogP contribution in [0.15, 0.2) is 36.4 Å². The van der Waals surface area contributed by atoms with Crippen molar-refractivity contribution >= 4 is 27.9 Å². The second kappa shape index (κ2) is 7.05. The van der Waals surface area contributed by atoms with Crippen molar-refractivity contribution in [1.82, 2.24) is 19.8 Å². The molecule has 0 N–H and O–H groups in total. The van der Waals surface area contributed by atoms with Crippen LogP contribution in [0.3, 0.4) is 0 Å². The maximum atomic E-state index is 6.15. The normalized spacial score (nSPS) is 11.0. The van der Waals surface area contributed by atoms with Crippen molar-refractivity contribution in [2.24, 2.45) is 0 Å². The van der Waals surface area contributed by atoms with Gasteiger partial charge in [0.05, 0.1) is 26.9 Å². The Morgan fingerprint density at radius 2 is 1.63 bits per heavy atom. The molecule has 2 heterocycles. The fraction of sp³-hybridized carbons (Fsp3) is 0.167. The zero-order valence-electron chi connectivity index (χ0n) is 14.8. The van der Waals surface area contributed by atoms with Gasteiger partial charge in [-0.2, -0.15) is 9.61 Å². The summed E-state index contributed by atoms with van der Waals surface area (Å²) in [5, 5.41) is 14.5. The highest BCUT2D eigenvalue weighted by atomic mass is 35.5. The van der Waals surface area contributed by atoms with E-state index in [4.69, 9.17) is 25.8 Å². The third-order valence-corrected chi connectivity index (χ3v) is 5.21. The summed E-state index contributed by atoms with van der Waals surface area (Å²) in [6.07, 6.45) is 0. The number of hydrogen-bond acceptors (Lipinski definition) is 7. The number of nitrogens with zero attached hydrogens (tertiary/aromatic N) is 4. The van der Waals surface area contributed by atoms with Crippen molar-refractivity contribution in [3.05, 3.63) is 41.4 Å². The first-order valence-electron chi connectivity index (χ1n) is 7.93. The minimum atomic E-state index is 0.562. The van der Waals surface area contributed by atoms with Crippen LogP contribution in [-0.4, -0.2) is 41.1 Å². The van der Waals surface area contributed by atoms with Crippen LogP contribution in [0, 0.1) is 0 Å². The molecule has 7 nitrogen and oxygen atoms in total. The highest BCUT2D eigenvalue weighted by Gasteiger charge is 2.18. The first-order chi connectivity index (χ1) is 13.1. The topological polar surface area (TPSA) is 70.8 Å². The van der Waals surface area contributed by atoms with E-state index in [0.717, 1.165) is 16.1 Å². The Hall–Kier alpha value is -2.84. The molecule has 4 aromatic rings. The molecule has 0 radical (unpaired) electrons. The fourth-order valence-corrected chi connectivity index (χ4v) is 3.73. The number of aromatic nitrogens is 4. The van der Waals surface area contributed by atoms with Gasteiger partial charge in [0.15, 0.2) is 17.3 Å². The zero-order chi connectivity index (χ0) is 19.0. The molecule has 0 bridgehead atoms. The lowest BCUT2D eigenvalue weighted by Gasteiger charge is -2.08. The molecule has 0 aliphatic rings. The van der Waals surface area contributed by atoms with E-state index < -0.39 is 0 Å². The summed E-state index contributed by atoms with van der Waals surface area (Å²) in [7, 11) is 4.80. The van der Waals surface area contributed by atoms with E-state index in [9.17, 15) is 0 Å². The van der Waals surface area contributed by atoms with Crippen LogP contribution in [0.4, 0.5) is 0 Å². The molecule has 0 aliphatic carbocycles. The van der Waals surface area contributed by atoms with Gasteiger partial charge in [0.2, 0.25) is 4.96 Å². The Bertz CT molecular complexity index is 1130. The Kier molecular flexibility index (Phi) is 4.59. The van der Waals surface area contributed by atoms with Crippen LogP contribution < -0.4 is 14.2 Å². The number of ether oxygens (including phenoxy) is 3. The fourth-order valence-electron chi connectivity index (χ4n) is 2.73. The van der Waals surface area contributed by atoms with Crippen LogP contribution in [-0.2, 0) is 0 Å². The van der Waals surface area contributed by atoms with E-state index in [2.05, 4.69) is 15.3 Å². The van der Waals surface area contributed by atoms with Crippen molar-refractivity contribution in [3.63, 3.8) is 0 Å². The summed E-state index contributed by atoms with van der Waals surface area (Å²) in [6, 6.07) is 11.0. The van der Waals surface area contributed by atoms with Gasteiger partial charge >= 0.3 is 0 Å². The van der Waals surface area contributed by atoms with Gasteiger partial charge in [-0.3, -0.25) is 0 Å². The second-order valence-corrected chi connectivity index (χ2v) is 6.93. The molecule has 138 valence electrons. The minimum absolute atomic E-state index is 0.562. The number of benzene rings is 2. The third kappa shape index (κ3) is 3.07. The monoisotopic (exact) mass is 402 g/mol. The first kappa shape index (κ1) is 17.6. The smallest absolute Gasteiger partial charge is 0.235 e. The minimum Gasteiger partial charge on any atom is -0.496 e. The molecule has 0 spiro atoms. The van der Waals surface area contributed by atoms with E-state index in [1.807, 2.05) is 18.2 Å². The molecule has 0 atom stereocenters. The zero-order valence-corrected chi connectivity index (χ0v) is 16.3. The molecule has 0 saturated carbocycles. The maximum absolute atomic E-state index is 6.15. The van der Waals surface area contributed by atoms with E-state index in [1.165, 1.54) is 11.3 Å². The average Bonchev–Trinajstić information content (AvgIpc) is 3.28. The molecule has 4 rings (SSSR count). The quantitative estimate of drug-likeness (QED) is 0.498. The number of rotatable bonds is 5. The van der Waals surface area contributed by atoms with E-state index >= 15 is 0 Å². The lowest BCUT2D eigenvalue weighted by atomic mass is 10.2. The van der Waals surface area contributed by atoms with Crippen molar-refractivity contribution in [3.8, 4) is 39.2 Å². The predicted octanol–water partition coefficient (Wildman–Crippen LogP) is 4.20. The van der Waals surface area contributed by atoms with Crippen LogP contribution in [0.25, 0.3) is 26.9 Å². The summed E-state index contributed by atoms with van der Waals surface area (Å²) in [5.74, 6) is 2.51. The lowest BCUT2D eigenvalue weighted by Crippen LogP contribution is -1.95. The third-order valence-electron chi connectivity index (χ3n) is 4.02. The van der Waals surface area contributed by atoms with Crippen molar-refractivity contribution in [1.29, 1.82) is 0 Å². The van der Waals surface area contributed by atoms with Crippen LogP contribution in [0.1, 0.15) is 0 Å². The highest BCUT2D eigenvalue weighted by molar-refractivity contribution is 7.19. The molecule has 9 heteroatoms. The standard InChI is InChI=1S/C18H15ClN4O3S/c1-24-13-7-5-11(19)9-12(13)16-20-21-18-23(16)22-17(27-18)10-4-6-14(25-2)15(8-10)26-3/h4-9H,1-3H3. The maximum Gasteiger partial charge on any atom is 0.235 e. The summed E-state index contributed by atoms with van der Waals surface area (Å²) in [6.45, 7) is 0. The molecule has 2 aromatic heterocycles. The Labute approximate surface area is 164 Å². The molecular formula is C18H15ClN4O3S. The van der Waals surface area contributed by atoms with Crippen LogP contribution in [0.2, 0.25) is 5.02 Å². The first-order valence-corrected chi connectivity index (χ1v) is 9.12. The van der Waals surface area contributed by atoms with Gasteiger partial charge in [0.1, 0.15) is 10.8 Å². The molecule has 0 aliphatic heterocycles. The van der Waals surface area contributed by atoms with Crippen LogP contribution in [0.5, 0.6) is 17.2 Å². The van der Waals surface area contributed by atoms with Crippen molar-refractivity contribution in [2.75, 3.05) is 21.3 Å². The van der Waals surface area contributed by atoms with E-state index in [0.29, 0.717) is 33.1 Å².